The van der Waals surface area contributed by atoms with Crippen molar-refractivity contribution >= 4 is 29.4 Å². The van der Waals surface area contributed by atoms with Gasteiger partial charge in [-0.15, -0.1) is 0 Å². The first kappa shape index (κ1) is 33.1. The Morgan fingerprint density at radius 2 is 1.47 bits per heavy atom. The van der Waals surface area contributed by atoms with Crippen molar-refractivity contribution in [1.29, 1.82) is 0 Å². The monoisotopic (exact) mass is 644 g/mol. The van der Waals surface area contributed by atoms with Gasteiger partial charge in [-0.2, -0.15) is 0 Å². The van der Waals surface area contributed by atoms with E-state index in [1.54, 1.807) is 4.90 Å². The van der Waals surface area contributed by atoms with E-state index in [1.807, 2.05) is 54.0 Å². The highest BCUT2D eigenvalue weighted by atomic mass is 16.6. The van der Waals surface area contributed by atoms with Crippen molar-refractivity contribution in [3.63, 3.8) is 0 Å². The number of anilines is 2. The molecular weight excluding hydrogens is 592 g/mol. The summed E-state index contributed by atoms with van der Waals surface area (Å²) in [7, 11) is 2.19. The SMILES string of the molecule is Cc1cc(C[C@@H](OC(=O)N2CCC(N3CCc4ccccc4NC3=O)CC2)C(=O)N2CCC(C3CCN(C)CC3)CC2)cc(C)c1N. The molecule has 0 aliphatic carbocycles. The van der Waals surface area contributed by atoms with Gasteiger partial charge in [0.25, 0.3) is 5.91 Å². The minimum atomic E-state index is -0.905. The number of nitrogen functional groups attached to an aromatic ring is 1. The molecule has 4 aliphatic rings. The summed E-state index contributed by atoms with van der Waals surface area (Å²) < 4.78 is 6.10. The fraction of sp³-hybridized carbons (Fsp3) is 0.595. The number of benzene rings is 2. The van der Waals surface area contributed by atoms with Crippen LogP contribution in [0.2, 0.25) is 0 Å². The molecule has 3 N–H and O–H groups in total. The van der Waals surface area contributed by atoms with Crippen LogP contribution < -0.4 is 11.1 Å². The number of rotatable bonds is 6. The van der Waals surface area contributed by atoms with E-state index in [-0.39, 0.29) is 18.0 Å². The molecule has 0 saturated carbocycles. The lowest BCUT2D eigenvalue weighted by molar-refractivity contribution is -0.142. The Bertz CT molecular complexity index is 1420. The number of nitrogens with zero attached hydrogens (tertiary/aromatic N) is 4. The number of amides is 4. The number of carbonyl (C=O) groups excluding carboxylic acids is 3. The minimum Gasteiger partial charge on any atom is -0.436 e. The van der Waals surface area contributed by atoms with E-state index in [0.717, 1.165) is 71.9 Å². The third-order valence-corrected chi connectivity index (χ3v) is 11.2. The van der Waals surface area contributed by atoms with Gasteiger partial charge >= 0.3 is 12.1 Å². The Labute approximate surface area is 279 Å². The van der Waals surface area contributed by atoms with Crippen molar-refractivity contribution < 1.29 is 19.1 Å². The predicted molar refractivity (Wildman–Crippen MR) is 184 cm³/mol. The van der Waals surface area contributed by atoms with Crippen molar-refractivity contribution in [3.8, 4) is 0 Å². The van der Waals surface area contributed by atoms with Gasteiger partial charge in [-0.3, -0.25) is 4.79 Å². The van der Waals surface area contributed by atoms with E-state index >= 15 is 0 Å². The first-order valence-corrected chi connectivity index (χ1v) is 17.6. The molecular formula is C37H52N6O4. The molecule has 0 radical (unpaired) electrons. The van der Waals surface area contributed by atoms with Crippen molar-refractivity contribution in [2.75, 3.05) is 63.9 Å². The molecule has 10 nitrogen and oxygen atoms in total. The number of piperidine rings is 3. The molecule has 4 amide bonds. The average Bonchev–Trinajstić information content (AvgIpc) is 3.25. The van der Waals surface area contributed by atoms with Crippen molar-refractivity contribution in [2.45, 2.75) is 77.4 Å². The number of hydrogen-bond acceptors (Lipinski definition) is 6. The molecule has 0 bridgehead atoms. The number of nitrogens with one attached hydrogen (secondary N) is 1. The molecule has 10 heteroatoms. The highest BCUT2D eigenvalue weighted by molar-refractivity contribution is 5.91. The van der Waals surface area contributed by atoms with Gasteiger partial charge < -0.3 is 35.4 Å². The molecule has 3 saturated heterocycles. The number of para-hydroxylation sites is 1. The summed E-state index contributed by atoms with van der Waals surface area (Å²) in [4.78, 5) is 48.7. The highest BCUT2D eigenvalue weighted by Crippen LogP contribution is 2.33. The maximum Gasteiger partial charge on any atom is 0.410 e. The van der Waals surface area contributed by atoms with E-state index in [0.29, 0.717) is 57.9 Å². The largest absolute Gasteiger partial charge is 0.436 e. The van der Waals surface area contributed by atoms with Gasteiger partial charge in [-0.1, -0.05) is 30.3 Å². The van der Waals surface area contributed by atoms with Crippen LogP contribution in [0.4, 0.5) is 21.0 Å². The first-order chi connectivity index (χ1) is 22.7. The van der Waals surface area contributed by atoms with E-state index in [9.17, 15) is 14.4 Å². The molecule has 3 fully saturated rings. The lowest BCUT2D eigenvalue weighted by atomic mass is 9.79. The lowest BCUT2D eigenvalue weighted by Crippen LogP contribution is -2.52. The van der Waals surface area contributed by atoms with Crippen LogP contribution >= 0.6 is 0 Å². The fourth-order valence-corrected chi connectivity index (χ4v) is 8.16. The normalized spacial score (nSPS) is 21.2. The Balaban J connectivity index is 1.08. The van der Waals surface area contributed by atoms with Crippen LogP contribution in [0.15, 0.2) is 36.4 Å². The number of carbonyl (C=O) groups is 3. The number of nitrogens with two attached hydrogens (primary N) is 1. The Kier molecular flexibility index (Phi) is 10.2. The maximum absolute atomic E-state index is 14.1. The molecule has 0 unspecified atom stereocenters. The van der Waals surface area contributed by atoms with Crippen LogP contribution in [0, 0.1) is 25.7 Å². The Hall–Kier alpha value is -3.79. The molecule has 6 rings (SSSR count). The van der Waals surface area contributed by atoms with Crippen molar-refractivity contribution in [1.82, 2.24) is 19.6 Å². The van der Waals surface area contributed by atoms with Crippen LogP contribution in [0.1, 0.15) is 60.8 Å². The smallest absolute Gasteiger partial charge is 0.410 e. The number of urea groups is 1. The van der Waals surface area contributed by atoms with E-state index in [1.165, 1.54) is 12.8 Å². The molecule has 2 aromatic carbocycles. The summed E-state index contributed by atoms with van der Waals surface area (Å²) in [6.07, 6.45) is 5.55. The zero-order chi connectivity index (χ0) is 33.1. The molecule has 1 atom stereocenters. The Morgan fingerprint density at radius 3 is 2.13 bits per heavy atom. The van der Waals surface area contributed by atoms with Crippen LogP contribution in [-0.2, 0) is 22.4 Å². The van der Waals surface area contributed by atoms with Gasteiger partial charge in [-0.05, 0) is 119 Å². The molecule has 254 valence electrons. The summed E-state index contributed by atoms with van der Waals surface area (Å²) in [6, 6.07) is 11.9. The van der Waals surface area contributed by atoms with Gasteiger partial charge in [-0.25, -0.2) is 9.59 Å². The molecule has 4 aliphatic heterocycles. The topological polar surface area (TPSA) is 111 Å². The summed E-state index contributed by atoms with van der Waals surface area (Å²) in [6.45, 7) is 9.24. The molecule has 4 heterocycles. The molecule has 0 aromatic heterocycles. The second-order valence-electron chi connectivity index (χ2n) is 14.3. The minimum absolute atomic E-state index is 0.0392. The molecule has 0 spiro atoms. The fourth-order valence-electron chi connectivity index (χ4n) is 8.16. The first-order valence-electron chi connectivity index (χ1n) is 17.6. The number of fused-ring (bicyclic) bond motifs is 1. The highest BCUT2D eigenvalue weighted by Gasteiger charge is 2.37. The number of hydrogen-bond donors (Lipinski definition) is 2. The van der Waals surface area contributed by atoms with E-state index < -0.39 is 12.2 Å². The van der Waals surface area contributed by atoms with Gasteiger partial charge in [0, 0.05) is 56.6 Å². The second kappa shape index (κ2) is 14.5. The molecule has 2 aromatic rings. The predicted octanol–water partition coefficient (Wildman–Crippen LogP) is 5.07. The molecule has 47 heavy (non-hydrogen) atoms. The second-order valence-corrected chi connectivity index (χ2v) is 14.3. The number of ether oxygens (including phenoxy) is 1. The van der Waals surface area contributed by atoms with Gasteiger partial charge in [0.1, 0.15) is 0 Å². The number of likely N-dealkylation sites (tertiary alicyclic amines) is 3. The summed E-state index contributed by atoms with van der Waals surface area (Å²) in [5.74, 6) is 1.28. The quantitative estimate of drug-likeness (QED) is 0.425. The zero-order valence-electron chi connectivity index (χ0n) is 28.4. The third kappa shape index (κ3) is 7.69. The maximum atomic E-state index is 14.1. The van der Waals surface area contributed by atoms with Crippen LogP contribution in [0.25, 0.3) is 0 Å². The van der Waals surface area contributed by atoms with Crippen LogP contribution in [0.5, 0.6) is 0 Å². The van der Waals surface area contributed by atoms with E-state index in [4.69, 9.17) is 10.5 Å². The summed E-state index contributed by atoms with van der Waals surface area (Å²) >= 11 is 0. The zero-order valence-corrected chi connectivity index (χ0v) is 28.4. The van der Waals surface area contributed by atoms with Gasteiger partial charge in [0.15, 0.2) is 6.10 Å². The van der Waals surface area contributed by atoms with Crippen LogP contribution in [0.3, 0.4) is 0 Å². The van der Waals surface area contributed by atoms with Crippen molar-refractivity contribution in [2.24, 2.45) is 11.8 Å². The van der Waals surface area contributed by atoms with Gasteiger partial charge in [0.2, 0.25) is 0 Å². The van der Waals surface area contributed by atoms with Gasteiger partial charge in [0.05, 0.1) is 0 Å². The lowest BCUT2D eigenvalue weighted by Gasteiger charge is -2.40. The van der Waals surface area contributed by atoms with E-state index in [2.05, 4.69) is 23.3 Å². The third-order valence-electron chi connectivity index (χ3n) is 11.2. The number of aryl methyl sites for hydroxylation is 2. The van der Waals surface area contributed by atoms with Crippen LogP contribution in [-0.4, -0.2) is 103 Å². The average molecular weight is 645 g/mol. The Morgan fingerprint density at radius 1 is 0.872 bits per heavy atom. The summed E-state index contributed by atoms with van der Waals surface area (Å²) in [5.41, 5.74) is 11.8. The standard InChI is InChI=1S/C37H52N6O4/c1-25-22-27(23-26(2)34(25)38)24-33(35(44)41-17-10-29(11-18-41)28-8-15-40(3)16-9-28)47-37(46)42-19-13-31(14-20-42)43-21-12-30-6-4-5-7-32(30)39-36(43)45/h4-7,22-23,28-29,31,33H,8-21,24,38H2,1-3H3,(H,39,45)/t33-/m1/s1. The summed E-state index contributed by atoms with van der Waals surface area (Å²) in [5, 5.41) is 3.06. The van der Waals surface area contributed by atoms with Crippen molar-refractivity contribution in [3.05, 3.63) is 58.7 Å².